The minimum Gasteiger partial charge on any atom is -0.382 e. The maximum absolute atomic E-state index is 13.3. The Morgan fingerprint density at radius 1 is 1.54 bits per heavy atom. The Morgan fingerprint density at radius 2 is 2.31 bits per heavy atom. The van der Waals surface area contributed by atoms with Crippen molar-refractivity contribution in [2.75, 3.05) is 11.9 Å². The van der Waals surface area contributed by atoms with E-state index in [0.717, 1.165) is 18.5 Å². The third-order valence-corrected chi connectivity index (χ3v) is 2.84. The molecule has 1 aromatic rings. The van der Waals surface area contributed by atoms with Gasteiger partial charge in [-0.15, -0.1) is 0 Å². The van der Waals surface area contributed by atoms with E-state index in [1.165, 1.54) is 6.07 Å². The van der Waals surface area contributed by atoms with Crippen molar-refractivity contribution in [3.8, 4) is 0 Å². The lowest BCUT2D eigenvalue weighted by Gasteiger charge is -2.25. The molecule has 1 unspecified atom stereocenters. The summed E-state index contributed by atoms with van der Waals surface area (Å²) in [6, 6.07) is 3.03. The quantitative estimate of drug-likeness (QED) is 0.676. The molecular formula is C10H11ClFN. The number of halogens is 2. The highest BCUT2D eigenvalue weighted by molar-refractivity contribution is 6.31. The summed E-state index contributed by atoms with van der Waals surface area (Å²) in [6.07, 6.45) is 1.01. The number of benzene rings is 1. The van der Waals surface area contributed by atoms with Crippen LogP contribution in [0.1, 0.15) is 24.8 Å². The second-order valence-electron chi connectivity index (χ2n) is 3.43. The lowest BCUT2D eigenvalue weighted by molar-refractivity contribution is 0.608. The molecule has 1 aliphatic rings. The fraction of sp³-hybridized carbons (Fsp3) is 0.400. The van der Waals surface area contributed by atoms with E-state index >= 15 is 0 Å². The van der Waals surface area contributed by atoms with Crippen LogP contribution in [0.15, 0.2) is 12.1 Å². The van der Waals surface area contributed by atoms with E-state index in [4.69, 9.17) is 11.6 Å². The van der Waals surface area contributed by atoms with E-state index in [-0.39, 0.29) is 5.82 Å². The van der Waals surface area contributed by atoms with Crippen LogP contribution in [0.4, 0.5) is 10.1 Å². The fourth-order valence-electron chi connectivity index (χ4n) is 1.79. The van der Waals surface area contributed by atoms with Gasteiger partial charge in [0.15, 0.2) is 0 Å². The number of anilines is 1. The van der Waals surface area contributed by atoms with Gasteiger partial charge < -0.3 is 5.32 Å². The van der Waals surface area contributed by atoms with Gasteiger partial charge in [0.2, 0.25) is 0 Å². The van der Waals surface area contributed by atoms with Crippen molar-refractivity contribution in [2.24, 2.45) is 0 Å². The zero-order valence-corrected chi connectivity index (χ0v) is 8.16. The highest BCUT2D eigenvalue weighted by atomic mass is 35.5. The molecule has 0 saturated heterocycles. The molecule has 70 valence electrons. The molecular weight excluding hydrogens is 189 g/mol. The van der Waals surface area contributed by atoms with Crippen LogP contribution in [0.5, 0.6) is 0 Å². The molecule has 2 rings (SSSR count). The molecule has 0 bridgehead atoms. The van der Waals surface area contributed by atoms with Crippen molar-refractivity contribution in [1.82, 2.24) is 0 Å². The van der Waals surface area contributed by atoms with Gasteiger partial charge in [-0.3, -0.25) is 0 Å². The maximum atomic E-state index is 13.3. The second-order valence-corrected chi connectivity index (χ2v) is 3.84. The average Bonchev–Trinajstić information content (AvgIpc) is 2.12. The molecule has 1 heterocycles. The average molecular weight is 200 g/mol. The molecule has 0 amide bonds. The summed E-state index contributed by atoms with van der Waals surface area (Å²) in [5.74, 6) is 0.144. The van der Waals surface area contributed by atoms with Crippen molar-refractivity contribution >= 4 is 17.3 Å². The van der Waals surface area contributed by atoms with E-state index in [1.54, 1.807) is 6.07 Å². The van der Waals surface area contributed by atoms with Gasteiger partial charge in [0, 0.05) is 11.6 Å². The fourth-order valence-corrected chi connectivity index (χ4v) is 2.13. The summed E-state index contributed by atoms with van der Waals surface area (Å²) in [5.41, 5.74) is 1.51. The lowest BCUT2D eigenvalue weighted by Crippen LogP contribution is -2.16. The van der Waals surface area contributed by atoms with Crippen LogP contribution in [0.25, 0.3) is 0 Å². The predicted molar refractivity (Wildman–Crippen MR) is 52.9 cm³/mol. The Hall–Kier alpha value is -0.760. The number of fused-ring (bicyclic) bond motifs is 1. The first kappa shape index (κ1) is 8.82. The van der Waals surface area contributed by atoms with Crippen molar-refractivity contribution in [3.63, 3.8) is 0 Å². The van der Waals surface area contributed by atoms with E-state index < -0.39 is 0 Å². The van der Waals surface area contributed by atoms with Crippen molar-refractivity contribution in [2.45, 2.75) is 19.3 Å². The third kappa shape index (κ3) is 1.39. The van der Waals surface area contributed by atoms with Crippen LogP contribution in [-0.2, 0) is 0 Å². The number of hydrogen-bond donors (Lipinski definition) is 1. The Kier molecular flexibility index (Phi) is 2.16. The van der Waals surface area contributed by atoms with Crippen LogP contribution >= 0.6 is 11.6 Å². The summed E-state index contributed by atoms with van der Waals surface area (Å²) < 4.78 is 13.3. The molecule has 3 heteroatoms. The molecule has 1 atom stereocenters. The van der Waals surface area contributed by atoms with Gasteiger partial charge >= 0.3 is 0 Å². The summed E-state index contributed by atoms with van der Waals surface area (Å²) in [5, 5.41) is 3.71. The van der Waals surface area contributed by atoms with Crippen molar-refractivity contribution < 1.29 is 4.39 Å². The van der Waals surface area contributed by atoms with Gasteiger partial charge in [-0.1, -0.05) is 18.5 Å². The zero-order chi connectivity index (χ0) is 9.42. The van der Waals surface area contributed by atoms with Crippen LogP contribution in [0, 0.1) is 5.82 Å². The first-order valence-corrected chi connectivity index (χ1v) is 4.79. The molecule has 0 radical (unpaired) electrons. The maximum Gasteiger partial charge on any atom is 0.146 e. The normalized spacial score (nSPS) is 20.7. The Morgan fingerprint density at radius 3 is 3.00 bits per heavy atom. The van der Waals surface area contributed by atoms with E-state index in [1.807, 2.05) is 0 Å². The summed E-state index contributed by atoms with van der Waals surface area (Å²) in [6.45, 7) is 2.90. The van der Waals surface area contributed by atoms with Crippen molar-refractivity contribution in [3.05, 3.63) is 28.5 Å². The number of rotatable bonds is 0. The molecule has 1 nitrogen and oxygen atoms in total. The van der Waals surface area contributed by atoms with Gasteiger partial charge in [0.05, 0.1) is 5.69 Å². The molecule has 0 aromatic heterocycles. The van der Waals surface area contributed by atoms with E-state index in [2.05, 4.69) is 12.2 Å². The van der Waals surface area contributed by atoms with Crippen molar-refractivity contribution in [1.29, 1.82) is 0 Å². The monoisotopic (exact) mass is 199 g/mol. The van der Waals surface area contributed by atoms with Crippen LogP contribution < -0.4 is 5.32 Å². The Bertz CT molecular complexity index is 338. The van der Waals surface area contributed by atoms with E-state index in [9.17, 15) is 4.39 Å². The first-order chi connectivity index (χ1) is 6.20. The molecule has 1 aromatic carbocycles. The SMILES string of the molecule is CC1CCNc2c(F)ccc(Cl)c21. The minimum atomic E-state index is -0.203. The standard InChI is InChI=1S/C10H11ClFN/c1-6-4-5-13-10-8(12)3-2-7(11)9(6)10/h2-3,6,13H,4-5H2,1H3. The summed E-state index contributed by atoms with van der Waals surface area (Å²) in [7, 11) is 0. The topological polar surface area (TPSA) is 12.0 Å². The molecule has 1 N–H and O–H groups in total. The highest BCUT2D eigenvalue weighted by Crippen LogP contribution is 2.37. The molecule has 0 spiro atoms. The van der Waals surface area contributed by atoms with Gasteiger partial charge in [-0.25, -0.2) is 4.39 Å². The molecule has 0 aliphatic carbocycles. The van der Waals surface area contributed by atoms with Gasteiger partial charge in [-0.2, -0.15) is 0 Å². The van der Waals surface area contributed by atoms with Crippen LogP contribution in [0.2, 0.25) is 5.02 Å². The molecule has 0 saturated carbocycles. The minimum absolute atomic E-state index is 0.203. The van der Waals surface area contributed by atoms with E-state index in [0.29, 0.717) is 16.6 Å². The highest BCUT2D eigenvalue weighted by Gasteiger charge is 2.21. The number of hydrogen-bond acceptors (Lipinski definition) is 1. The number of nitrogens with one attached hydrogen (secondary N) is 1. The molecule has 0 fully saturated rings. The zero-order valence-electron chi connectivity index (χ0n) is 7.40. The predicted octanol–water partition coefficient (Wildman–Crippen LogP) is 3.40. The second kappa shape index (κ2) is 3.18. The van der Waals surface area contributed by atoms with Gasteiger partial charge in [-0.05, 0) is 30.0 Å². The van der Waals surface area contributed by atoms with Crippen LogP contribution in [0.3, 0.4) is 0 Å². The van der Waals surface area contributed by atoms with Crippen LogP contribution in [-0.4, -0.2) is 6.54 Å². The third-order valence-electron chi connectivity index (χ3n) is 2.51. The molecule has 1 aliphatic heterocycles. The Labute approximate surface area is 81.9 Å². The van der Waals surface area contributed by atoms with Gasteiger partial charge in [0.1, 0.15) is 5.82 Å². The lowest BCUT2D eigenvalue weighted by atomic mass is 9.92. The smallest absolute Gasteiger partial charge is 0.146 e. The largest absolute Gasteiger partial charge is 0.382 e. The Balaban J connectivity index is 2.60. The summed E-state index contributed by atoms with van der Waals surface area (Å²) in [4.78, 5) is 0. The first-order valence-electron chi connectivity index (χ1n) is 4.42. The van der Waals surface area contributed by atoms with Gasteiger partial charge in [0.25, 0.3) is 0 Å². The summed E-state index contributed by atoms with van der Waals surface area (Å²) >= 11 is 6.00. The molecule has 13 heavy (non-hydrogen) atoms.